The fourth-order valence-electron chi connectivity index (χ4n) is 2.67. The predicted molar refractivity (Wildman–Crippen MR) is 103 cm³/mol. The van der Waals surface area contributed by atoms with Gasteiger partial charge in [-0.15, -0.1) is 0 Å². The highest BCUT2D eigenvalue weighted by Crippen LogP contribution is 2.31. The molecule has 3 aromatic rings. The average Bonchev–Trinajstić information content (AvgIpc) is 3.20. The zero-order valence-corrected chi connectivity index (χ0v) is 16.6. The SMILES string of the molecule is CCN(Cc1nc(-c2ccc(OC)c(OC)c2)no1)S(=O)(=O)c1ccccc1. The first kappa shape index (κ1) is 19.8. The van der Waals surface area contributed by atoms with E-state index in [-0.39, 0.29) is 23.9 Å². The van der Waals surface area contributed by atoms with E-state index in [0.29, 0.717) is 22.9 Å². The summed E-state index contributed by atoms with van der Waals surface area (Å²) in [7, 11) is -0.565. The van der Waals surface area contributed by atoms with Crippen LogP contribution in [0.4, 0.5) is 0 Å². The summed E-state index contributed by atoms with van der Waals surface area (Å²) >= 11 is 0. The maximum Gasteiger partial charge on any atom is 0.243 e. The smallest absolute Gasteiger partial charge is 0.243 e. The third kappa shape index (κ3) is 4.00. The minimum Gasteiger partial charge on any atom is -0.493 e. The van der Waals surface area contributed by atoms with Crippen molar-refractivity contribution in [2.75, 3.05) is 20.8 Å². The van der Waals surface area contributed by atoms with Gasteiger partial charge >= 0.3 is 0 Å². The molecule has 0 saturated carbocycles. The van der Waals surface area contributed by atoms with Crippen LogP contribution < -0.4 is 9.47 Å². The number of aromatic nitrogens is 2. The van der Waals surface area contributed by atoms with Crippen LogP contribution in [0, 0.1) is 0 Å². The van der Waals surface area contributed by atoms with Crippen molar-refractivity contribution in [1.82, 2.24) is 14.4 Å². The first-order valence-corrected chi connectivity index (χ1v) is 10.0. The molecule has 0 bridgehead atoms. The first-order chi connectivity index (χ1) is 13.5. The minimum atomic E-state index is -3.66. The largest absolute Gasteiger partial charge is 0.493 e. The van der Waals surface area contributed by atoms with Gasteiger partial charge in [-0.05, 0) is 30.3 Å². The van der Waals surface area contributed by atoms with Gasteiger partial charge in [-0.3, -0.25) is 0 Å². The number of hydrogen-bond acceptors (Lipinski definition) is 7. The highest BCUT2D eigenvalue weighted by molar-refractivity contribution is 7.89. The number of ether oxygens (including phenoxy) is 2. The van der Waals surface area contributed by atoms with Crippen molar-refractivity contribution >= 4 is 10.0 Å². The molecular weight excluding hydrogens is 382 g/mol. The lowest BCUT2D eigenvalue weighted by atomic mass is 10.2. The van der Waals surface area contributed by atoms with Crippen LogP contribution in [0.5, 0.6) is 11.5 Å². The molecule has 0 N–H and O–H groups in total. The maximum absolute atomic E-state index is 12.8. The fraction of sp³-hybridized carbons (Fsp3) is 0.263. The van der Waals surface area contributed by atoms with Crippen LogP contribution in [0.1, 0.15) is 12.8 Å². The summed E-state index contributed by atoms with van der Waals surface area (Å²) in [5, 5.41) is 3.96. The topological polar surface area (TPSA) is 94.8 Å². The van der Waals surface area contributed by atoms with Crippen molar-refractivity contribution in [3.8, 4) is 22.9 Å². The summed E-state index contributed by atoms with van der Waals surface area (Å²) in [4.78, 5) is 4.55. The van der Waals surface area contributed by atoms with Gasteiger partial charge in [-0.2, -0.15) is 9.29 Å². The highest BCUT2D eigenvalue weighted by Gasteiger charge is 2.25. The van der Waals surface area contributed by atoms with Gasteiger partial charge in [0.2, 0.25) is 21.7 Å². The van der Waals surface area contributed by atoms with E-state index in [9.17, 15) is 8.42 Å². The van der Waals surface area contributed by atoms with Crippen LogP contribution in [0.15, 0.2) is 57.9 Å². The Balaban J connectivity index is 1.84. The van der Waals surface area contributed by atoms with Crippen molar-refractivity contribution in [2.45, 2.75) is 18.4 Å². The predicted octanol–water partition coefficient (Wildman–Crippen LogP) is 2.96. The van der Waals surface area contributed by atoms with E-state index in [1.807, 2.05) is 0 Å². The first-order valence-electron chi connectivity index (χ1n) is 8.59. The molecule has 8 nitrogen and oxygen atoms in total. The van der Waals surface area contributed by atoms with E-state index in [4.69, 9.17) is 14.0 Å². The molecule has 3 rings (SSSR count). The number of rotatable bonds is 8. The van der Waals surface area contributed by atoms with Crippen LogP contribution in [-0.2, 0) is 16.6 Å². The number of hydrogen-bond donors (Lipinski definition) is 0. The van der Waals surface area contributed by atoms with E-state index in [0.717, 1.165) is 0 Å². The molecule has 0 radical (unpaired) electrons. The molecule has 9 heteroatoms. The molecule has 28 heavy (non-hydrogen) atoms. The van der Waals surface area contributed by atoms with E-state index in [2.05, 4.69) is 10.1 Å². The molecular formula is C19H21N3O5S. The molecule has 0 atom stereocenters. The van der Waals surface area contributed by atoms with Gasteiger partial charge in [0.25, 0.3) is 0 Å². The standard InChI is InChI=1S/C19H21N3O5S/c1-4-22(28(23,24)15-8-6-5-7-9-15)13-18-20-19(21-27-18)14-10-11-16(25-2)17(12-14)26-3/h5-12H,4,13H2,1-3H3. The number of methoxy groups -OCH3 is 2. The second-order valence-corrected chi connectivity index (χ2v) is 7.76. The fourth-order valence-corrected chi connectivity index (χ4v) is 4.09. The van der Waals surface area contributed by atoms with Gasteiger partial charge in [-0.25, -0.2) is 8.42 Å². The van der Waals surface area contributed by atoms with Gasteiger partial charge < -0.3 is 14.0 Å². The molecule has 0 saturated heterocycles. The quantitative estimate of drug-likeness (QED) is 0.571. The Hall–Kier alpha value is -2.91. The van der Waals surface area contributed by atoms with E-state index in [1.165, 1.54) is 11.4 Å². The van der Waals surface area contributed by atoms with Crippen LogP contribution in [0.3, 0.4) is 0 Å². The molecule has 1 heterocycles. The van der Waals surface area contributed by atoms with Crippen molar-refractivity contribution in [2.24, 2.45) is 0 Å². The second-order valence-electron chi connectivity index (χ2n) is 5.83. The Labute approximate surface area is 163 Å². The minimum absolute atomic E-state index is 0.0198. The van der Waals surface area contributed by atoms with E-state index >= 15 is 0 Å². The molecule has 0 aliphatic carbocycles. The normalized spacial score (nSPS) is 11.6. The summed E-state index contributed by atoms with van der Waals surface area (Å²) in [6.45, 7) is 2.01. The Bertz CT molecular complexity index is 1030. The van der Waals surface area contributed by atoms with Crippen molar-refractivity contribution in [3.05, 3.63) is 54.4 Å². The van der Waals surface area contributed by atoms with Crippen molar-refractivity contribution < 1.29 is 22.4 Å². The van der Waals surface area contributed by atoms with Crippen molar-refractivity contribution in [1.29, 1.82) is 0 Å². The lowest BCUT2D eigenvalue weighted by Crippen LogP contribution is -2.30. The summed E-state index contributed by atoms with van der Waals surface area (Å²) in [6, 6.07) is 13.5. The lowest BCUT2D eigenvalue weighted by Gasteiger charge is -2.18. The van der Waals surface area contributed by atoms with Gasteiger partial charge in [0, 0.05) is 12.1 Å². The average molecular weight is 403 g/mol. The van der Waals surface area contributed by atoms with Gasteiger partial charge in [0.15, 0.2) is 11.5 Å². The zero-order valence-electron chi connectivity index (χ0n) is 15.8. The summed E-state index contributed by atoms with van der Waals surface area (Å²) < 4.78 is 42.7. The molecule has 0 unspecified atom stereocenters. The molecule has 0 aliphatic rings. The molecule has 0 amide bonds. The summed E-state index contributed by atoms with van der Waals surface area (Å²) in [5.41, 5.74) is 0.668. The van der Waals surface area contributed by atoms with Crippen LogP contribution in [-0.4, -0.2) is 43.6 Å². The molecule has 1 aromatic heterocycles. The third-order valence-corrected chi connectivity index (χ3v) is 6.09. The number of benzene rings is 2. The Morgan fingerprint density at radius 1 is 1.04 bits per heavy atom. The van der Waals surface area contributed by atoms with Crippen LogP contribution in [0.25, 0.3) is 11.4 Å². The third-order valence-electron chi connectivity index (χ3n) is 4.16. The lowest BCUT2D eigenvalue weighted by molar-refractivity contribution is 0.321. The highest BCUT2D eigenvalue weighted by atomic mass is 32.2. The molecule has 0 spiro atoms. The number of sulfonamides is 1. The van der Waals surface area contributed by atoms with Gasteiger partial charge in [0.05, 0.1) is 25.7 Å². The second kappa shape index (κ2) is 8.41. The number of nitrogens with zero attached hydrogens (tertiary/aromatic N) is 3. The van der Waals surface area contributed by atoms with E-state index in [1.54, 1.807) is 62.6 Å². The summed E-state index contributed by atoms with van der Waals surface area (Å²) in [6.07, 6.45) is 0. The molecule has 0 aliphatic heterocycles. The molecule has 2 aromatic carbocycles. The molecule has 0 fully saturated rings. The van der Waals surface area contributed by atoms with Crippen molar-refractivity contribution in [3.63, 3.8) is 0 Å². The maximum atomic E-state index is 12.8. The van der Waals surface area contributed by atoms with Crippen LogP contribution >= 0.6 is 0 Å². The zero-order chi connectivity index (χ0) is 20.1. The van der Waals surface area contributed by atoms with Gasteiger partial charge in [-0.1, -0.05) is 30.3 Å². The van der Waals surface area contributed by atoms with E-state index < -0.39 is 10.0 Å². The monoisotopic (exact) mass is 403 g/mol. The Morgan fingerprint density at radius 2 is 1.75 bits per heavy atom. The van der Waals surface area contributed by atoms with Gasteiger partial charge in [0.1, 0.15) is 0 Å². The Morgan fingerprint density at radius 3 is 2.39 bits per heavy atom. The summed E-state index contributed by atoms with van der Waals surface area (Å²) in [5.74, 6) is 1.66. The Kier molecular flexibility index (Phi) is 5.96. The molecule has 148 valence electrons. The van der Waals surface area contributed by atoms with Crippen LogP contribution in [0.2, 0.25) is 0 Å².